The fraction of sp³-hybridized carbons (Fsp3) is 0.225. The molecule has 350 valence electrons. The summed E-state index contributed by atoms with van der Waals surface area (Å²) < 4.78 is 161. The number of aliphatic carboxylic acids is 1. The number of nitrogens with one attached hydrogen (secondary N) is 1. The number of aryl methyl sites for hydroxylation is 1. The Balaban J connectivity index is 0.000000945. The molecule has 1 amide bonds. The summed E-state index contributed by atoms with van der Waals surface area (Å²) in [4.78, 5) is 25.0. The number of carboxylic acids is 1. The lowest BCUT2D eigenvalue weighted by atomic mass is 9.71. The fourth-order valence-electron chi connectivity index (χ4n) is 8.30. The van der Waals surface area contributed by atoms with Crippen LogP contribution >= 0.6 is 0 Å². The maximum absolute atomic E-state index is 13.6. The van der Waals surface area contributed by atoms with Gasteiger partial charge in [-0.05, 0) is 75.1 Å². The zero-order valence-electron chi connectivity index (χ0n) is 34.5. The second kappa shape index (κ2) is 19.3. The first-order valence-corrected chi connectivity index (χ1v) is 25.4. The number of nitrogens with zero attached hydrogens (tertiary/aromatic N) is 2. The van der Waals surface area contributed by atoms with E-state index < -0.39 is 78.7 Å². The van der Waals surface area contributed by atoms with Crippen LogP contribution in [0.5, 0.6) is 0 Å². The molecule has 1 aromatic heterocycles. The SMILES string of the molecule is CCNC(=O)C1(C(=O)O)CC(=CC=c2c3cccc4c(S(=O)(=O)[O-])ccc(c43)n2CC)C=C(C=CC2=[N+](CC)c3c(S(=O)(=O)O)cc(S(=O)(=O)O)c4cccc2c34)C1.O=S(=O)=O.O=S(=O)=O. The normalized spacial score (nSPS) is 17.2. The lowest BCUT2D eigenvalue weighted by molar-refractivity contribution is -0.433. The van der Waals surface area contributed by atoms with Gasteiger partial charge in [0.2, 0.25) is 17.3 Å². The van der Waals surface area contributed by atoms with E-state index in [1.54, 1.807) is 79.1 Å². The quantitative estimate of drug-likeness (QED) is 0.0838. The Morgan fingerprint density at radius 3 is 1.89 bits per heavy atom. The van der Waals surface area contributed by atoms with E-state index >= 15 is 0 Å². The highest BCUT2D eigenvalue weighted by molar-refractivity contribution is 7.87. The van der Waals surface area contributed by atoms with Crippen LogP contribution in [0.3, 0.4) is 0 Å². The van der Waals surface area contributed by atoms with Gasteiger partial charge in [0.15, 0.2) is 10.3 Å². The summed E-state index contributed by atoms with van der Waals surface area (Å²) in [7, 11) is -21.0. The van der Waals surface area contributed by atoms with Crippen molar-refractivity contribution in [1.29, 1.82) is 0 Å². The van der Waals surface area contributed by atoms with Gasteiger partial charge in [-0.2, -0.15) is 21.4 Å². The molecule has 4 N–H and O–H groups in total. The van der Waals surface area contributed by atoms with Crippen molar-refractivity contribution in [3.63, 3.8) is 0 Å². The smallest absolute Gasteiger partial charge is 0.425 e. The van der Waals surface area contributed by atoms with Crippen molar-refractivity contribution >= 4 is 113 Å². The summed E-state index contributed by atoms with van der Waals surface area (Å²) in [5.41, 5.74) is 0.311. The van der Waals surface area contributed by atoms with Crippen molar-refractivity contribution in [2.45, 2.75) is 54.8 Å². The predicted molar refractivity (Wildman–Crippen MR) is 234 cm³/mol. The van der Waals surface area contributed by atoms with Gasteiger partial charge in [0.25, 0.3) is 10.1 Å². The highest BCUT2D eigenvalue weighted by Gasteiger charge is 2.48. The Hall–Kier alpha value is -6.26. The predicted octanol–water partition coefficient (Wildman–Crippen LogP) is 2.43. The molecule has 5 aromatic rings. The largest absolute Gasteiger partial charge is 0.744 e. The number of carbonyl (C=O) groups excluding carboxylic acids is 1. The summed E-state index contributed by atoms with van der Waals surface area (Å²) in [5, 5.41) is 15.6. The number of aromatic nitrogens is 1. The number of carbonyl (C=O) groups is 2. The average Bonchev–Trinajstić information content (AvgIpc) is 3.70. The molecular formula is C40H37N3O18S5. The molecule has 66 heavy (non-hydrogen) atoms. The molecule has 1 aliphatic heterocycles. The van der Waals surface area contributed by atoms with Gasteiger partial charge in [-0.3, -0.25) is 18.7 Å². The van der Waals surface area contributed by atoms with E-state index in [1.165, 1.54) is 18.2 Å². The third-order valence-electron chi connectivity index (χ3n) is 10.7. The molecule has 2 heterocycles. The van der Waals surface area contributed by atoms with Crippen molar-refractivity contribution < 1.29 is 83.4 Å². The molecule has 0 fully saturated rings. The first kappa shape index (κ1) is 50.7. The zero-order chi connectivity index (χ0) is 49.3. The third-order valence-corrected chi connectivity index (χ3v) is 13.3. The van der Waals surface area contributed by atoms with E-state index in [2.05, 4.69) is 5.32 Å². The Bertz CT molecular complexity index is 3630. The number of benzene rings is 4. The van der Waals surface area contributed by atoms with Gasteiger partial charge in [-0.25, -0.2) is 8.42 Å². The monoisotopic (exact) mass is 1010 g/mol. The molecule has 0 spiro atoms. The summed E-state index contributed by atoms with van der Waals surface area (Å²) >= 11 is 0. The molecular weight excluding hydrogens is 971 g/mol. The van der Waals surface area contributed by atoms with Crippen LogP contribution in [0.25, 0.3) is 38.5 Å². The van der Waals surface area contributed by atoms with Gasteiger partial charge in [-0.1, -0.05) is 48.6 Å². The van der Waals surface area contributed by atoms with Crippen molar-refractivity contribution in [2.24, 2.45) is 5.41 Å². The lowest BCUT2D eigenvalue weighted by Gasteiger charge is -2.32. The summed E-state index contributed by atoms with van der Waals surface area (Å²) in [6, 6.07) is 13.1. The van der Waals surface area contributed by atoms with Gasteiger partial charge < -0.3 is 19.5 Å². The van der Waals surface area contributed by atoms with Crippen molar-refractivity contribution in [2.75, 3.05) is 13.1 Å². The molecule has 1 unspecified atom stereocenters. The van der Waals surface area contributed by atoms with Gasteiger partial charge in [0.05, 0.1) is 15.8 Å². The number of allylic oxidation sites excluding steroid dienone is 6. The highest BCUT2D eigenvalue weighted by atomic mass is 32.2. The van der Waals surface area contributed by atoms with Crippen LogP contribution in [0.1, 0.15) is 39.2 Å². The zero-order valence-corrected chi connectivity index (χ0v) is 38.6. The molecule has 7 rings (SSSR count). The van der Waals surface area contributed by atoms with Crippen LogP contribution in [0, 0.1) is 5.41 Å². The van der Waals surface area contributed by atoms with E-state index in [-0.39, 0.29) is 52.7 Å². The van der Waals surface area contributed by atoms with Crippen LogP contribution in [0.4, 0.5) is 5.69 Å². The van der Waals surface area contributed by atoms with Crippen molar-refractivity contribution in [3.05, 3.63) is 101 Å². The Morgan fingerprint density at radius 2 is 1.36 bits per heavy atom. The average molecular weight is 1010 g/mol. The van der Waals surface area contributed by atoms with Gasteiger partial charge in [-0.15, -0.1) is 25.3 Å². The maximum Gasteiger partial charge on any atom is 0.425 e. The molecule has 0 saturated carbocycles. The molecule has 0 radical (unpaired) electrons. The minimum atomic E-state index is -5.03. The standard InChI is InChI=1S/C40H37N3O12S3.2O3S/c1-4-41-38(44)40(39(45)46)21-23(13-15-29-25-9-7-11-27-32(56(47,48)49)18-17-31(35(25)27)42(29)5-2)19-24(22-40)14-16-30-26-10-8-12-28-33(57(50,51)52)20-34(58(53,54)55)37(36(26)28)43(30)6-3;2*1-4(2)3/h7-20H,4-6,21-22H2,1-3H3,(H4-,41,44,45,46,47,48,49,50,51,52,53,54,55);;. The second-order valence-corrected chi connectivity index (χ2v) is 19.3. The first-order valence-electron chi connectivity index (χ1n) is 19.1. The Morgan fingerprint density at radius 1 is 0.788 bits per heavy atom. The van der Waals surface area contributed by atoms with Crippen LogP contribution in [0.15, 0.2) is 105 Å². The summed E-state index contributed by atoms with van der Waals surface area (Å²) in [6.45, 7) is 6.02. The Labute approximate surface area is 379 Å². The molecule has 1 atom stereocenters. The van der Waals surface area contributed by atoms with Gasteiger partial charge in [0.1, 0.15) is 21.6 Å². The van der Waals surface area contributed by atoms with E-state index in [1.807, 2.05) is 11.5 Å². The number of rotatable bonds is 11. The highest BCUT2D eigenvalue weighted by Crippen LogP contribution is 2.44. The maximum atomic E-state index is 13.6. The minimum Gasteiger partial charge on any atom is -0.744 e. The number of hydrogen-bond donors (Lipinski definition) is 4. The number of carboxylic acid groups (broad SMARTS) is 1. The fourth-order valence-corrected chi connectivity index (χ4v) is 10.5. The molecule has 1 aliphatic carbocycles. The molecule has 0 saturated heterocycles. The topological polar surface area (TPSA) is 343 Å². The molecule has 4 aromatic carbocycles. The van der Waals surface area contributed by atoms with Crippen LogP contribution < -0.4 is 10.7 Å². The van der Waals surface area contributed by atoms with E-state index in [4.69, 9.17) is 25.3 Å². The van der Waals surface area contributed by atoms with Gasteiger partial charge in [0, 0.05) is 51.6 Å². The Kier molecular flexibility index (Phi) is 14.8. The number of hydrogen-bond acceptors (Lipinski definition) is 15. The molecule has 2 aliphatic rings. The minimum absolute atomic E-state index is 0.0114. The summed E-state index contributed by atoms with van der Waals surface area (Å²) in [5.74, 6) is -2.08. The van der Waals surface area contributed by atoms with Crippen LogP contribution in [-0.2, 0) is 67.7 Å². The second-order valence-electron chi connectivity index (χ2n) is 14.4. The number of amides is 1. The van der Waals surface area contributed by atoms with Gasteiger partial charge >= 0.3 is 37.3 Å². The third kappa shape index (κ3) is 10.1. The van der Waals surface area contributed by atoms with E-state index in [9.17, 15) is 53.6 Å². The van der Waals surface area contributed by atoms with Crippen LogP contribution in [0.2, 0.25) is 0 Å². The molecule has 26 heteroatoms. The van der Waals surface area contributed by atoms with Crippen LogP contribution in [-0.4, -0.2) is 109 Å². The molecule has 21 nitrogen and oxygen atoms in total. The lowest BCUT2D eigenvalue weighted by Crippen LogP contribution is -2.48. The first-order chi connectivity index (χ1) is 30.7. The summed E-state index contributed by atoms with van der Waals surface area (Å²) in [6.07, 6.45) is 7.90. The van der Waals surface area contributed by atoms with Crippen molar-refractivity contribution in [3.8, 4) is 0 Å². The van der Waals surface area contributed by atoms with E-state index in [0.29, 0.717) is 56.7 Å². The van der Waals surface area contributed by atoms with Crippen molar-refractivity contribution in [1.82, 2.24) is 9.88 Å². The molecule has 0 bridgehead atoms. The van der Waals surface area contributed by atoms with E-state index in [0.717, 1.165) is 0 Å².